The molecule has 0 aromatic carbocycles. The molecule has 92 valence electrons. The lowest BCUT2D eigenvalue weighted by molar-refractivity contribution is 0.179. The molecule has 1 saturated carbocycles. The highest BCUT2D eigenvalue weighted by atomic mass is 16.2. The van der Waals surface area contributed by atoms with Crippen LogP contribution in [0.4, 0.5) is 4.79 Å². The average molecular weight is 225 g/mol. The molecule has 16 heavy (non-hydrogen) atoms. The Kier molecular flexibility index (Phi) is 4.04. The Labute approximate surface area is 97.6 Å². The third kappa shape index (κ3) is 3.11. The van der Waals surface area contributed by atoms with Crippen LogP contribution in [0.25, 0.3) is 0 Å². The molecule has 0 bridgehead atoms. The number of urea groups is 1. The minimum absolute atomic E-state index is 0.267. The van der Waals surface area contributed by atoms with Gasteiger partial charge in [0.15, 0.2) is 0 Å². The van der Waals surface area contributed by atoms with Gasteiger partial charge in [-0.05, 0) is 25.7 Å². The summed E-state index contributed by atoms with van der Waals surface area (Å²) in [4.78, 5) is 12.7. The molecule has 0 spiro atoms. The lowest BCUT2D eigenvalue weighted by Crippen LogP contribution is -2.49. The summed E-state index contributed by atoms with van der Waals surface area (Å²) in [5, 5.41) is 3.74. The molecule has 2 amide bonds. The second-order valence-electron chi connectivity index (χ2n) is 5.10. The van der Waals surface area contributed by atoms with E-state index in [2.05, 4.69) is 5.32 Å². The summed E-state index contributed by atoms with van der Waals surface area (Å²) < 4.78 is 0. The van der Waals surface area contributed by atoms with Crippen molar-refractivity contribution >= 4 is 6.03 Å². The van der Waals surface area contributed by atoms with Crippen LogP contribution in [0, 0.1) is 0 Å². The number of primary amides is 1. The molecule has 0 radical (unpaired) electrons. The van der Waals surface area contributed by atoms with E-state index in [4.69, 9.17) is 5.73 Å². The van der Waals surface area contributed by atoms with Crippen molar-refractivity contribution in [1.82, 2.24) is 10.2 Å². The molecule has 2 rings (SSSR count). The number of piperidine rings is 1. The van der Waals surface area contributed by atoms with Crippen LogP contribution in [0.5, 0.6) is 0 Å². The quantitative estimate of drug-likeness (QED) is 0.747. The molecule has 4 heteroatoms. The van der Waals surface area contributed by atoms with Crippen molar-refractivity contribution in [3.8, 4) is 0 Å². The molecule has 0 atom stereocenters. The minimum Gasteiger partial charge on any atom is -0.351 e. The van der Waals surface area contributed by atoms with Gasteiger partial charge in [0.2, 0.25) is 0 Å². The first kappa shape index (κ1) is 11.7. The number of rotatable bonds is 2. The van der Waals surface area contributed by atoms with Gasteiger partial charge < -0.3 is 16.0 Å². The molecule has 1 heterocycles. The van der Waals surface area contributed by atoms with Crippen LogP contribution in [-0.2, 0) is 0 Å². The Hall–Kier alpha value is -0.770. The largest absolute Gasteiger partial charge is 0.351 e. The van der Waals surface area contributed by atoms with E-state index in [0.717, 1.165) is 32.0 Å². The van der Waals surface area contributed by atoms with Gasteiger partial charge in [0.25, 0.3) is 0 Å². The maximum absolute atomic E-state index is 11.0. The molecule has 3 N–H and O–H groups in total. The van der Waals surface area contributed by atoms with E-state index in [1.54, 1.807) is 4.90 Å². The predicted octanol–water partition coefficient (Wildman–Crippen LogP) is 1.45. The molecule has 0 aromatic heterocycles. The highest BCUT2D eigenvalue weighted by Gasteiger charge is 2.23. The summed E-state index contributed by atoms with van der Waals surface area (Å²) >= 11 is 0. The van der Waals surface area contributed by atoms with Crippen LogP contribution < -0.4 is 11.1 Å². The standard InChI is InChI=1S/C12H23N3O/c13-12(16)15-8-6-11(7-9-15)14-10-4-2-1-3-5-10/h10-11,14H,1-9H2,(H2,13,16). The fourth-order valence-corrected chi connectivity index (χ4v) is 2.87. The molecule has 4 nitrogen and oxygen atoms in total. The van der Waals surface area contributed by atoms with Crippen molar-refractivity contribution in [2.24, 2.45) is 5.73 Å². The van der Waals surface area contributed by atoms with Crippen molar-refractivity contribution in [2.75, 3.05) is 13.1 Å². The number of hydrogen-bond donors (Lipinski definition) is 2. The fourth-order valence-electron chi connectivity index (χ4n) is 2.87. The SMILES string of the molecule is NC(=O)N1CCC(NC2CCCCC2)CC1. The van der Waals surface area contributed by atoms with Gasteiger partial charge in [-0.25, -0.2) is 4.79 Å². The maximum atomic E-state index is 11.0. The molecule has 1 aliphatic heterocycles. The van der Waals surface area contributed by atoms with Crippen LogP contribution >= 0.6 is 0 Å². The Morgan fingerprint density at radius 1 is 1.00 bits per heavy atom. The third-order valence-electron chi connectivity index (χ3n) is 3.88. The first-order valence-electron chi connectivity index (χ1n) is 6.56. The maximum Gasteiger partial charge on any atom is 0.314 e. The van der Waals surface area contributed by atoms with Crippen LogP contribution in [0.15, 0.2) is 0 Å². The van der Waals surface area contributed by atoms with Gasteiger partial charge in [0.1, 0.15) is 0 Å². The number of carbonyl (C=O) groups is 1. The lowest BCUT2D eigenvalue weighted by atomic mass is 9.93. The molecular formula is C12H23N3O. The number of amides is 2. The van der Waals surface area contributed by atoms with Crippen molar-refractivity contribution in [2.45, 2.75) is 57.0 Å². The zero-order chi connectivity index (χ0) is 11.4. The fraction of sp³-hybridized carbons (Fsp3) is 0.917. The zero-order valence-corrected chi connectivity index (χ0v) is 9.95. The van der Waals surface area contributed by atoms with Crippen molar-refractivity contribution < 1.29 is 4.79 Å². The molecule has 2 fully saturated rings. The number of nitrogens with two attached hydrogens (primary N) is 1. The van der Waals surface area contributed by atoms with E-state index >= 15 is 0 Å². The lowest BCUT2D eigenvalue weighted by Gasteiger charge is -2.34. The van der Waals surface area contributed by atoms with Crippen LogP contribution in [0.2, 0.25) is 0 Å². The summed E-state index contributed by atoms with van der Waals surface area (Å²) in [6.07, 6.45) is 8.92. The second kappa shape index (κ2) is 5.53. The van der Waals surface area contributed by atoms with Gasteiger partial charge in [-0.2, -0.15) is 0 Å². The summed E-state index contributed by atoms with van der Waals surface area (Å²) in [7, 11) is 0. The highest BCUT2D eigenvalue weighted by molar-refractivity contribution is 5.72. The van der Waals surface area contributed by atoms with E-state index in [-0.39, 0.29) is 6.03 Å². The third-order valence-corrected chi connectivity index (χ3v) is 3.88. The first-order valence-corrected chi connectivity index (χ1v) is 6.56. The average Bonchev–Trinajstić information content (AvgIpc) is 2.31. The van der Waals surface area contributed by atoms with Gasteiger partial charge in [-0.15, -0.1) is 0 Å². The number of hydrogen-bond acceptors (Lipinski definition) is 2. The van der Waals surface area contributed by atoms with Gasteiger partial charge in [0.05, 0.1) is 0 Å². The molecule has 0 unspecified atom stereocenters. The molecule has 0 aromatic rings. The Bertz CT molecular complexity index is 230. The monoisotopic (exact) mass is 225 g/mol. The number of carbonyl (C=O) groups excluding carboxylic acids is 1. The minimum atomic E-state index is -0.267. The van der Waals surface area contributed by atoms with Gasteiger partial charge in [0, 0.05) is 25.2 Å². The molecule has 1 saturated heterocycles. The summed E-state index contributed by atoms with van der Waals surface area (Å²) in [5.74, 6) is 0. The molecule has 1 aliphatic carbocycles. The Balaban J connectivity index is 1.70. The van der Waals surface area contributed by atoms with E-state index in [9.17, 15) is 4.79 Å². The predicted molar refractivity (Wildman–Crippen MR) is 64.2 cm³/mol. The van der Waals surface area contributed by atoms with Crippen LogP contribution in [0.1, 0.15) is 44.9 Å². The van der Waals surface area contributed by atoms with Crippen molar-refractivity contribution in [3.05, 3.63) is 0 Å². The molecule has 2 aliphatic rings. The van der Waals surface area contributed by atoms with Crippen molar-refractivity contribution in [3.63, 3.8) is 0 Å². The first-order chi connectivity index (χ1) is 7.75. The normalized spacial score (nSPS) is 24.6. The van der Waals surface area contributed by atoms with E-state index in [1.807, 2.05) is 0 Å². The zero-order valence-electron chi connectivity index (χ0n) is 9.95. The van der Waals surface area contributed by atoms with Gasteiger partial charge >= 0.3 is 6.03 Å². The van der Waals surface area contributed by atoms with E-state index < -0.39 is 0 Å². The number of likely N-dealkylation sites (tertiary alicyclic amines) is 1. The topological polar surface area (TPSA) is 58.4 Å². The summed E-state index contributed by atoms with van der Waals surface area (Å²) in [6, 6.07) is 1.05. The Morgan fingerprint density at radius 2 is 1.56 bits per heavy atom. The summed E-state index contributed by atoms with van der Waals surface area (Å²) in [5.41, 5.74) is 5.26. The van der Waals surface area contributed by atoms with Crippen LogP contribution in [0.3, 0.4) is 0 Å². The summed E-state index contributed by atoms with van der Waals surface area (Å²) in [6.45, 7) is 1.64. The van der Waals surface area contributed by atoms with Gasteiger partial charge in [-0.3, -0.25) is 0 Å². The van der Waals surface area contributed by atoms with Crippen molar-refractivity contribution in [1.29, 1.82) is 0 Å². The Morgan fingerprint density at radius 3 is 2.12 bits per heavy atom. The van der Waals surface area contributed by atoms with Gasteiger partial charge in [-0.1, -0.05) is 19.3 Å². The number of nitrogens with one attached hydrogen (secondary N) is 1. The van der Waals surface area contributed by atoms with E-state index in [1.165, 1.54) is 32.1 Å². The smallest absolute Gasteiger partial charge is 0.314 e. The van der Waals surface area contributed by atoms with E-state index in [0.29, 0.717) is 6.04 Å². The van der Waals surface area contributed by atoms with Crippen LogP contribution in [-0.4, -0.2) is 36.1 Å². The molecular weight excluding hydrogens is 202 g/mol. The number of nitrogens with zero attached hydrogens (tertiary/aromatic N) is 1. The second-order valence-corrected chi connectivity index (χ2v) is 5.10. The highest BCUT2D eigenvalue weighted by Crippen LogP contribution is 2.20.